The van der Waals surface area contributed by atoms with Crippen molar-refractivity contribution in [1.29, 1.82) is 0 Å². The van der Waals surface area contributed by atoms with Gasteiger partial charge < -0.3 is 4.52 Å². The van der Waals surface area contributed by atoms with Crippen molar-refractivity contribution in [2.24, 2.45) is 0 Å². The van der Waals surface area contributed by atoms with Gasteiger partial charge in [0.15, 0.2) is 0 Å². The molecule has 0 saturated carbocycles. The van der Waals surface area contributed by atoms with E-state index < -0.39 is 10.0 Å². The predicted octanol–water partition coefficient (Wildman–Crippen LogP) is 4.49. The standard InChI is InChI=1S/C20H23N3O3S2/c1-14(2)15-5-7-16(8-6-15)19-21-20(26-22-19)17-9-11-23(12-10-17)28(24,25)18-4-3-13-27-18/h3-8,13-14,17H,9-12H2,1-2H3. The van der Waals surface area contributed by atoms with Crippen LogP contribution in [0.2, 0.25) is 0 Å². The van der Waals surface area contributed by atoms with Crippen molar-refractivity contribution in [3.63, 3.8) is 0 Å². The Morgan fingerprint density at radius 3 is 2.46 bits per heavy atom. The largest absolute Gasteiger partial charge is 0.339 e. The molecule has 3 aromatic rings. The van der Waals surface area contributed by atoms with Crippen molar-refractivity contribution in [2.45, 2.75) is 42.7 Å². The molecule has 1 saturated heterocycles. The molecule has 1 fully saturated rings. The third-order valence-electron chi connectivity index (χ3n) is 5.17. The van der Waals surface area contributed by atoms with Gasteiger partial charge in [0.2, 0.25) is 11.7 Å². The molecule has 1 aromatic carbocycles. The summed E-state index contributed by atoms with van der Waals surface area (Å²) in [6.07, 6.45) is 1.36. The highest BCUT2D eigenvalue weighted by Crippen LogP contribution is 2.32. The number of hydrogen-bond donors (Lipinski definition) is 0. The van der Waals surface area contributed by atoms with E-state index in [1.165, 1.54) is 16.9 Å². The fraction of sp³-hybridized carbons (Fsp3) is 0.400. The highest BCUT2D eigenvalue weighted by molar-refractivity contribution is 7.91. The third kappa shape index (κ3) is 3.76. The molecule has 0 bridgehead atoms. The van der Waals surface area contributed by atoms with E-state index in [2.05, 4.69) is 36.1 Å². The van der Waals surface area contributed by atoms with E-state index in [1.54, 1.807) is 21.8 Å². The minimum Gasteiger partial charge on any atom is -0.339 e. The fourth-order valence-corrected chi connectivity index (χ4v) is 6.03. The number of sulfonamides is 1. The highest BCUT2D eigenvalue weighted by Gasteiger charge is 2.32. The SMILES string of the molecule is CC(C)c1ccc(-c2noc(C3CCN(S(=O)(=O)c4cccs4)CC3)n2)cc1. The number of piperidine rings is 1. The fourth-order valence-electron chi connectivity index (χ4n) is 3.42. The average Bonchev–Trinajstić information content (AvgIpc) is 3.41. The van der Waals surface area contributed by atoms with Crippen molar-refractivity contribution in [3.8, 4) is 11.4 Å². The monoisotopic (exact) mass is 417 g/mol. The van der Waals surface area contributed by atoms with Crippen molar-refractivity contribution in [1.82, 2.24) is 14.4 Å². The summed E-state index contributed by atoms with van der Waals surface area (Å²) in [6.45, 7) is 5.25. The van der Waals surface area contributed by atoms with Crippen LogP contribution in [0.15, 0.2) is 50.5 Å². The first-order valence-electron chi connectivity index (χ1n) is 9.43. The lowest BCUT2D eigenvalue weighted by molar-refractivity contribution is 0.271. The van der Waals surface area contributed by atoms with Crippen LogP contribution < -0.4 is 0 Å². The van der Waals surface area contributed by atoms with E-state index in [1.807, 2.05) is 12.1 Å². The molecule has 2 aromatic heterocycles. The number of thiophene rings is 1. The predicted molar refractivity (Wildman–Crippen MR) is 109 cm³/mol. The Labute approximate surface area is 169 Å². The van der Waals surface area contributed by atoms with Gasteiger partial charge in [0, 0.05) is 24.6 Å². The summed E-state index contributed by atoms with van der Waals surface area (Å²) < 4.78 is 32.7. The molecule has 0 unspecified atom stereocenters. The van der Waals surface area contributed by atoms with Crippen LogP contribution in [-0.2, 0) is 10.0 Å². The molecule has 1 aliphatic rings. The van der Waals surface area contributed by atoms with Crippen LogP contribution in [0.25, 0.3) is 11.4 Å². The molecule has 0 aliphatic carbocycles. The van der Waals surface area contributed by atoms with Gasteiger partial charge in [-0.25, -0.2) is 8.42 Å². The van der Waals surface area contributed by atoms with Gasteiger partial charge in [-0.15, -0.1) is 11.3 Å². The van der Waals surface area contributed by atoms with E-state index in [9.17, 15) is 8.42 Å². The second-order valence-corrected chi connectivity index (χ2v) is 10.5. The number of nitrogens with zero attached hydrogens (tertiary/aromatic N) is 3. The highest BCUT2D eigenvalue weighted by atomic mass is 32.2. The summed E-state index contributed by atoms with van der Waals surface area (Å²) in [5.41, 5.74) is 2.20. The molecule has 28 heavy (non-hydrogen) atoms. The van der Waals surface area contributed by atoms with Crippen molar-refractivity contribution in [3.05, 3.63) is 53.2 Å². The zero-order chi connectivity index (χ0) is 19.7. The number of hydrogen-bond acceptors (Lipinski definition) is 6. The second-order valence-electron chi connectivity index (χ2n) is 7.34. The Morgan fingerprint density at radius 2 is 1.86 bits per heavy atom. The minimum absolute atomic E-state index is 0.0889. The Balaban J connectivity index is 1.43. The molecule has 4 rings (SSSR count). The summed E-state index contributed by atoms with van der Waals surface area (Å²) in [7, 11) is -3.39. The zero-order valence-electron chi connectivity index (χ0n) is 15.9. The normalized spacial score (nSPS) is 16.7. The quantitative estimate of drug-likeness (QED) is 0.611. The van der Waals surface area contributed by atoms with Crippen molar-refractivity contribution in [2.75, 3.05) is 13.1 Å². The molecule has 8 heteroatoms. The number of benzene rings is 1. The summed E-state index contributed by atoms with van der Waals surface area (Å²) in [4.78, 5) is 4.57. The molecule has 148 valence electrons. The van der Waals surface area contributed by atoms with Gasteiger partial charge in [-0.1, -0.05) is 49.3 Å². The molecule has 3 heterocycles. The molecule has 0 atom stereocenters. The topological polar surface area (TPSA) is 76.3 Å². The van der Waals surface area contributed by atoms with Gasteiger partial charge in [0.1, 0.15) is 4.21 Å². The van der Waals surface area contributed by atoms with E-state index in [-0.39, 0.29) is 5.92 Å². The zero-order valence-corrected chi connectivity index (χ0v) is 17.5. The molecule has 6 nitrogen and oxygen atoms in total. The number of aromatic nitrogens is 2. The maximum atomic E-state index is 12.6. The van der Waals surface area contributed by atoms with Gasteiger partial charge in [-0.05, 0) is 35.8 Å². The van der Waals surface area contributed by atoms with Gasteiger partial charge in [0.05, 0.1) is 0 Å². The summed E-state index contributed by atoms with van der Waals surface area (Å²) in [5.74, 6) is 1.74. The van der Waals surface area contributed by atoms with E-state index in [4.69, 9.17) is 4.52 Å². The van der Waals surface area contributed by atoms with Gasteiger partial charge >= 0.3 is 0 Å². The van der Waals surface area contributed by atoms with Gasteiger partial charge in [0.25, 0.3) is 10.0 Å². The Kier molecular flexibility index (Phi) is 5.35. The maximum Gasteiger partial charge on any atom is 0.252 e. The lowest BCUT2D eigenvalue weighted by Crippen LogP contribution is -2.37. The molecular formula is C20H23N3O3S2. The average molecular weight is 418 g/mol. The first-order valence-corrected chi connectivity index (χ1v) is 11.7. The van der Waals surface area contributed by atoms with Crippen LogP contribution in [0, 0.1) is 0 Å². The Morgan fingerprint density at radius 1 is 1.14 bits per heavy atom. The maximum absolute atomic E-state index is 12.6. The molecule has 0 radical (unpaired) electrons. The first-order chi connectivity index (χ1) is 13.4. The lowest BCUT2D eigenvalue weighted by Gasteiger charge is -2.29. The lowest BCUT2D eigenvalue weighted by atomic mass is 9.98. The summed E-state index contributed by atoms with van der Waals surface area (Å²) in [6, 6.07) is 11.6. The van der Waals surface area contributed by atoms with E-state index >= 15 is 0 Å². The smallest absolute Gasteiger partial charge is 0.252 e. The number of rotatable bonds is 5. The van der Waals surface area contributed by atoms with Gasteiger partial charge in [-0.3, -0.25) is 0 Å². The molecule has 1 aliphatic heterocycles. The van der Waals surface area contributed by atoms with Crippen LogP contribution in [0.5, 0.6) is 0 Å². The van der Waals surface area contributed by atoms with Crippen LogP contribution >= 0.6 is 11.3 Å². The molecular weight excluding hydrogens is 394 g/mol. The van der Waals surface area contributed by atoms with Crippen LogP contribution in [0.3, 0.4) is 0 Å². The molecule has 0 amide bonds. The molecule has 0 N–H and O–H groups in total. The van der Waals surface area contributed by atoms with E-state index in [0.717, 1.165) is 5.56 Å². The first kappa shape index (κ1) is 19.3. The minimum atomic E-state index is -3.39. The second kappa shape index (κ2) is 7.77. The van der Waals surface area contributed by atoms with Crippen molar-refractivity contribution < 1.29 is 12.9 Å². The Hall–Kier alpha value is -2.03. The van der Waals surface area contributed by atoms with Crippen molar-refractivity contribution >= 4 is 21.4 Å². The van der Waals surface area contributed by atoms with Crippen LogP contribution in [-0.4, -0.2) is 36.0 Å². The van der Waals surface area contributed by atoms with Gasteiger partial charge in [-0.2, -0.15) is 9.29 Å². The van der Waals surface area contributed by atoms with E-state index in [0.29, 0.717) is 47.8 Å². The van der Waals surface area contributed by atoms with Crippen LogP contribution in [0.1, 0.15) is 50.0 Å². The summed E-state index contributed by atoms with van der Waals surface area (Å²) >= 11 is 1.25. The summed E-state index contributed by atoms with van der Waals surface area (Å²) in [5, 5.41) is 5.91. The Bertz CT molecular complexity index is 1020. The molecule has 0 spiro atoms. The third-order valence-corrected chi connectivity index (χ3v) is 8.44. The van der Waals surface area contributed by atoms with Crippen LogP contribution in [0.4, 0.5) is 0 Å².